The number of carbonyl (C=O) groups excluding carboxylic acids is 1. The lowest BCUT2D eigenvalue weighted by Gasteiger charge is -2.35. The topological polar surface area (TPSA) is 45.7 Å². The molecular weight excluding hydrogens is 419 g/mol. The molecule has 0 atom stereocenters. The SMILES string of the molecule is CC(C)c1ccccc1OCC(=O)N1CCN(c2ncc(C(F)(F)F)cc2Cl)CC1. The summed E-state index contributed by atoms with van der Waals surface area (Å²) in [6.45, 7) is 5.72. The van der Waals surface area contributed by atoms with Crippen molar-refractivity contribution in [1.82, 2.24) is 9.88 Å². The molecule has 9 heteroatoms. The van der Waals surface area contributed by atoms with Crippen LogP contribution in [0.15, 0.2) is 36.5 Å². The molecule has 1 fully saturated rings. The minimum Gasteiger partial charge on any atom is -0.483 e. The molecule has 1 aliphatic rings. The lowest BCUT2D eigenvalue weighted by molar-refractivity contribution is -0.138. The second-order valence-corrected chi connectivity index (χ2v) is 7.78. The van der Waals surface area contributed by atoms with Crippen LogP contribution in [0.2, 0.25) is 5.02 Å². The molecule has 162 valence electrons. The number of alkyl halides is 3. The summed E-state index contributed by atoms with van der Waals surface area (Å²) >= 11 is 6.02. The van der Waals surface area contributed by atoms with Crippen molar-refractivity contribution in [1.29, 1.82) is 0 Å². The van der Waals surface area contributed by atoms with Gasteiger partial charge >= 0.3 is 6.18 Å². The maximum atomic E-state index is 12.8. The number of halogens is 4. The van der Waals surface area contributed by atoms with E-state index in [9.17, 15) is 18.0 Å². The molecule has 0 spiro atoms. The number of nitrogens with zero attached hydrogens (tertiary/aromatic N) is 3. The molecule has 0 unspecified atom stereocenters. The summed E-state index contributed by atoms with van der Waals surface area (Å²) in [4.78, 5) is 19.9. The fraction of sp³-hybridized carbons (Fsp3) is 0.429. The third-order valence-corrected chi connectivity index (χ3v) is 5.25. The van der Waals surface area contributed by atoms with E-state index in [-0.39, 0.29) is 23.5 Å². The van der Waals surface area contributed by atoms with Crippen LogP contribution in [-0.4, -0.2) is 48.6 Å². The van der Waals surface area contributed by atoms with Gasteiger partial charge in [-0.25, -0.2) is 4.98 Å². The maximum absolute atomic E-state index is 12.8. The summed E-state index contributed by atoms with van der Waals surface area (Å²) in [6, 6.07) is 8.50. The molecule has 1 saturated heterocycles. The monoisotopic (exact) mass is 441 g/mol. The Hall–Kier alpha value is -2.48. The van der Waals surface area contributed by atoms with Crippen molar-refractivity contribution in [2.45, 2.75) is 25.9 Å². The second-order valence-electron chi connectivity index (χ2n) is 7.38. The van der Waals surface area contributed by atoms with E-state index < -0.39 is 11.7 Å². The number of anilines is 1. The zero-order chi connectivity index (χ0) is 21.9. The van der Waals surface area contributed by atoms with E-state index in [4.69, 9.17) is 16.3 Å². The van der Waals surface area contributed by atoms with Crippen molar-refractivity contribution in [3.63, 3.8) is 0 Å². The Balaban J connectivity index is 1.56. The predicted octanol–water partition coefficient (Wildman–Crippen LogP) is 4.60. The van der Waals surface area contributed by atoms with Gasteiger partial charge in [0.2, 0.25) is 0 Å². The van der Waals surface area contributed by atoms with E-state index in [1.54, 1.807) is 9.80 Å². The van der Waals surface area contributed by atoms with Crippen LogP contribution in [0.4, 0.5) is 19.0 Å². The number of para-hydroxylation sites is 1. The van der Waals surface area contributed by atoms with Gasteiger partial charge in [0, 0.05) is 32.4 Å². The zero-order valence-electron chi connectivity index (χ0n) is 16.7. The minimum absolute atomic E-state index is 0.0572. The number of hydrogen-bond donors (Lipinski definition) is 0. The number of amides is 1. The average Bonchev–Trinajstić information content (AvgIpc) is 2.71. The van der Waals surface area contributed by atoms with Crippen molar-refractivity contribution in [3.8, 4) is 5.75 Å². The van der Waals surface area contributed by atoms with Gasteiger partial charge in [0.1, 0.15) is 11.6 Å². The Bertz CT molecular complexity index is 897. The number of ether oxygens (including phenoxy) is 1. The largest absolute Gasteiger partial charge is 0.483 e. The number of aromatic nitrogens is 1. The summed E-state index contributed by atoms with van der Waals surface area (Å²) in [6.07, 6.45) is -3.72. The average molecular weight is 442 g/mol. The molecule has 0 radical (unpaired) electrons. The van der Waals surface area contributed by atoms with Crippen molar-refractivity contribution in [2.24, 2.45) is 0 Å². The Morgan fingerprint density at radius 2 is 1.87 bits per heavy atom. The number of piperazine rings is 1. The highest BCUT2D eigenvalue weighted by atomic mass is 35.5. The van der Waals surface area contributed by atoms with Gasteiger partial charge < -0.3 is 14.5 Å². The minimum atomic E-state index is -4.49. The van der Waals surface area contributed by atoms with Gasteiger partial charge in [-0.3, -0.25) is 4.79 Å². The highest BCUT2D eigenvalue weighted by molar-refractivity contribution is 6.33. The third-order valence-electron chi connectivity index (χ3n) is 4.97. The molecule has 5 nitrogen and oxygen atoms in total. The van der Waals surface area contributed by atoms with Crippen molar-refractivity contribution in [3.05, 3.63) is 52.7 Å². The summed E-state index contributed by atoms with van der Waals surface area (Å²) in [7, 11) is 0. The Morgan fingerprint density at radius 3 is 2.47 bits per heavy atom. The standard InChI is InChI=1S/C21H23ClF3N3O2/c1-14(2)16-5-3-4-6-18(16)30-13-19(29)27-7-9-28(10-8-27)20-17(22)11-15(12-26-20)21(23,24)25/h3-6,11-12,14H,7-10,13H2,1-2H3. The first kappa shape index (κ1) is 22.2. The molecule has 1 aromatic heterocycles. The Labute approximate surface area is 178 Å². The highest BCUT2D eigenvalue weighted by Gasteiger charge is 2.32. The molecule has 3 rings (SSSR count). The summed E-state index contributed by atoms with van der Waals surface area (Å²) in [5.41, 5.74) is 0.155. The third kappa shape index (κ3) is 5.16. The van der Waals surface area contributed by atoms with Gasteiger partial charge in [0.05, 0.1) is 10.6 Å². The van der Waals surface area contributed by atoms with Gasteiger partial charge in [-0.05, 0) is 23.6 Å². The van der Waals surface area contributed by atoms with Crippen LogP contribution in [-0.2, 0) is 11.0 Å². The van der Waals surface area contributed by atoms with E-state index in [0.29, 0.717) is 37.7 Å². The quantitative estimate of drug-likeness (QED) is 0.680. The van der Waals surface area contributed by atoms with E-state index in [0.717, 1.165) is 17.8 Å². The first-order valence-corrected chi connectivity index (χ1v) is 10.0. The van der Waals surface area contributed by atoms with E-state index in [2.05, 4.69) is 18.8 Å². The van der Waals surface area contributed by atoms with Crippen LogP contribution in [0.5, 0.6) is 5.75 Å². The molecule has 0 N–H and O–H groups in total. The van der Waals surface area contributed by atoms with E-state index >= 15 is 0 Å². The molecule has 30 heavy (non-hydrogen) atoms. The molecule has 0 aliphatic carbocycles. The predicted molar refractivity (Wildman–Crippen MR) is 109 cm³/mol. The fourth-order valence-corrected chi connectivity index (χ4v) is 3.59. The summed E-state index contributed by atoms with van der Waals surface area (Å²) < 4.78 is 44.1. The van der Waals surface area contributed by atoms with Crippen LogP contribution < -0.4 is 9.64 Å². The lowest BCUT2D eigenvalue weighted by atomic mass is 10.0. The molecule has 1 amide bonds. The van der Waals surface area contributed by atoms with Gasteiger partial charge in [0.25, 0.3) is 5.91 Å². The van der Waals surface area contributed by atoms with Crippen molar-refractivity contribution >= 4 is 23.3 Å². The number of hydrogen-bond acceptors (Lipinski definition) is 4. The molecule has 0 saturated carbocycles. The van der Waals surface area contributed by atoms with Crippen LogP contribution >= 0.6 is 11.6 Å². The van der Waals surface area contributed by atoms with Gasteiger partial charge in [-0.1, -0.05) is 43.6 Å². The number of rotatable bonds is 5. The highest BCUT2D eigenvalue weighted by Crippen LogP contribution is 2.33. The Kier molecular flexibility index (Phi) is 6.75. The second kappa shape index (κ2) is 9.12. The number of carbonyl (C=O) groups is 1. The van der Waals surface area contributed by atoms with Crippen molar-refractivity contribution in [2.75, 3.05) is 37.7 Å². The van der Waals surface area contributed by atoms with Crippen LogP contribution in [0.3, 0.4) is 0 Å². The first-order chi connectivity index (χ1) is 14.2. The fourth-order valence-electron chi connectivity index (χ4n) is 3.31. The summed E-state index contributed by atoms with van der Waals surface area (Å²) in [5, 5.41) is -0.0572. The first-order valence-electron chi connectivity index (χ1n) is 9.64. The maximum Gasteiger partial charge on any atom is 0.417 e. The van der Waals surface area contributed by atoms with Gasteiger partial charge in [-0.2, -0.15) is 13.2 Å². The van der Waals surface area contributed by atoms with Gasteiger partial charge in [-0.15, -0.1) is 0 Å². The molecular formula is C21H23ClF3N3O2. The smallest absolute Gasteiger partial charge is 0.417 e. The van der Waals surface area contributed by atoms with Crippen LogP contribution in [0.25, 0.3) is 0 Å². The van der Waals surface area contributed by atoms with Crippen molar-refractivity contribution < 1.29 is 22.7 Å². The van der Waals surface area contributed by atoms with Gasteiger partial charge in [0.15, 0.2) is 6.61 Å². The zero-order valence-corrected chi connectivity index (χ0v) is 17.5. The molecule has 2 heterocycles. The molecule has 0 bridgehead atoms. The number of benzene rings is 1. The Morgan fingerprint density at radius 1 is 1.20 bits per heavy atom. The van der Waals surface area contributed by atoms with Crippen LogP contribution in [0.1, 0.15) is 30.9 Å². The van der Waals surface area contributed by atoms with Crippen LogP contribution in [0, 0.1) is 0 Å². The normalized spacial score (nSPS) is 14.9. The molecule has 1 aliphatic heterocycles. The van der Waals surface area contributed by atoms with E-state index in [1.807, 2.05) is 24.3 Å². The summed E-state index contributed by atoms with van der Waals surface area (Å²) in [5.74, 6) is 1.12. The lowest BCUT2D eigenvalue weighted by Crippen LogP contribution is -2.50. The van der Waals surface area contributed by atoms with E-state index in [1.165, 1.54) is 0 Å². The molecule has 2 aromatic rings. The number of pyridine rings is 1. The molecule has 1 aromatic carbocycles.